The molecule has 0 spiro atoms. The SMILES string of the molecule is CNC[C@@H]1CCCN1C(=O)CCc1cc(Br)ccc1OC. The predicted molar refractivity (Wildman–Crippen MR) is 87.7 cm³/mol. The van der Waals surface area contributed by atoms with Crippen LogP contribution in [0.5, 0.6) is 5.75 Å². The number of benzene rings is 1. The molecule has 1 N–H and O–H groups in total. The largest absolute Gasteiger partial charge is 0.496 e. The molecule has 1 aromatic rings. The highest BCUT2D eigenvalue weighted by atomic mass is 79.9. The van der Waals surface area contributed by atoms with Gasteiger partial charge in [-0.3, -0.25) is 4.79 Å². The fourth-order valence-electron chi connectivity index (χ4n) is 2.94. The van der Waals surface area contributed by atoms with Crippen molar-refractivity contribution in [3.05, 3.63) is 28.2 Å². The Bertz CT molecular complexity index is 493. The normalized spacial score (nSPS) is 18.0. The zero-order valence-corrected chi connectivity index (χ0v) is 14.3. The quantitative estimate of drug-likeness (QED) is 0.853. The Kier molecular flexibility index (Phi) is 6.06. The molecule has 1 saturated heterocycles. The third-order valence-electron chi connectivity index (χ3n) is 3.99. The molecule has 21 heavy (non-hydrogen) atoms. The summed E-state index contributed by atoms with van der Waals surface area (Å²) in [6.45, 7) is 1.77. The first-order valence-electron chi connectivity index (χ1n) is 7.42. The summed E-state index contributed by atoms with van der Waals surface area (Å²) < 4.78 is 6.38. The van der Waals surface area contributed by atoms with Crippen LogP contribution in [0.15, 0.2) is 22.7 Å². The summed E-state index contributed by atoms with van der Waals surface area (Å²) in [5, 5.41) is 3.17. The van der Waals surface area contributed by atoms with E-state index in [4.69, 9.17) is 4.74 Å². The van der Waals surface area contributed by atoms with E-state index in [-0.39, 0.29) is 5.91 Å². The molecule has 1 fully saturated rings. The maximum Gasteiger partial charge on any atom is 0.223 e. The van der Waals surface area contributed by atoms with E-state index in [9.17, 15) is 4.79 Å². The van der Waals surface area contributed by atoms with Crippen molar-refractivity contribution in [2.75, 3.05) is 27.2 Å². The molecule has 2 rings (SSSR count). The van der Waals surface area contributed by atoms with Gasteiger partial charge in [0, 0.05) is 30.0 Å². The van der Waals surface area contributed by atoms with E-state index in [1.165, 1.54) is 0 Å². The highest BCUT2D eigenvalue weighted by molar-refractivity contribution is 9.10. The predicted octanol–water partition coefficient (Wildman–Crippen LogP) is 2.60. The van der Waals surface area contributed by atoms with Crippen LogP contribution in [-0.2, 0) is 11.2 Å². The molecule has 5 heteroatoms. The number of carbonyl (C=O) groups excluding carboxylic acids is 1. The van der Waals surface area contributed by atoms with E-state index < -0.39 is 0 Å². The number of hydrogen-bond acceptors (Lipinski definition) is 3. The van der Waals surface area contributed by atoms with E-state index in [2.05, 4.69) is 21.2 Å². The molecule has 0 radical (unpaired) electrons. The first kappa shape index (κ1) is 16.3. The second kappa shape index (κ2) is 7.80. The molecule has 0 aliphatic carbocycles. The summed E-state index contributed by atoms with van der Waals surface area (Å²) in [5.74, 6) is 1.09. The maximum atomic E-state index is 12.4. The Morgan fingerprint density at radius 1 is 1.52 bits per heavy atom. The van der Waals surface area contributed by atoms with Crippen molar-refractivity contribution in [3.63, 3.8) is 0 Å². The van der Waals surface area contributed by atoms with Gasteiger partial charge in [-0.25, -0.2) is 0 Å². The number of likely N-dealkylation sites (tertiary alicyclic amines) is 1. The molecule has 1 amide bonds. The number of rotatable bonds is 6. The van der Waals surface area contributed by atoms with Gasteiger partial charge in [-0.15, -0.1) is 0 Å². The lowest BCUT2D eigenvalue weighted by Gasteiger charge is -2.24. The molecule has 4 nitrogen and oxygen atoms in total. The summed E-state index contributed by atoms with van der Waals surface area (Å²) in [5.41, 5.74) is 1.07. The lowest BCUT2D eigenvalue weighted by molar-refractivity contribution is -0.131. The lowest BCUT2D eigenvalue weighted by Crippen LogP contribution is -2.40. The van der Waals surface area contributed by atoms with Crippen molar-refractivity contribution >= 4 is 21.8 Å². The first-order chi connectivity index (χ1) is 10.2. The molecule has 0 bridgehead atoms. The minimum atomic E-state index is 0.245. The molecule has 116 valence electrons. The summed E-state index contributed by atoms with van der Waals surface area (Å²) in [6, 6.07) is 6.27. The van der Waals surface area contributed by atoms with Gasteiger partial charge < -0.3 is 15.0 Å². The fourth-order valence-corrected chi connectivity index (χ4v) is 3.35. The molecule has 1 aromatic carbocycles. The first-order valence-corrected chi connectivity index (χ1v) is 8.21. The van der Waals surface area contributed by atoms with Gasteiger partial charge >= 0.3 is 0 Å². The maximum absolute atomic E-state index is 12.4. The Morgan fingerprint density at radius 3 is 3.05 bits per heavy atom. The molecule has 1 aliphatic heterocycles. The van der Waals surface area contributed by atoms with Crippen LogP contribution in [0.4, 0.5) is 0 Å². The third kappa shape index (κ3) is 4.20. The van der Waals surface area contributed by atoms with Crippen molar-refractivity contribution in [1.29, 1.82) is 0 Å². The fraction of sp³-hybridized carbons (Fsp3) is 0.562. The number of nitrogens with one attached hydrogen (secondary N) is 1. The van der Waals surface area contributed by atoms with Gasteiger partial charge in [-0.2, -0.15) is 0 Å². The van der Waals surface area contributed by atoms with Gasteiger partial charge in [0.05, 0.1) is 7.11 Å². The molecule has 1 atom stereocenters. The topological polar surface area (TPSA) is 41.6 Å². The summed E-state index contributed by atoms with van der Waals surface area (Å²) >= 11 is 3.47. The van der Waals surface area contributed by atoms with Crippen LogP contribution >= 0.6 is 15.9 Å². The van der Waals surface area contributed by atoms with E-state index >= 15 is 0 Å². The van der Waals surface area contributed by atoms with Crippen LogP contribution in [0.1, 0.15) is 24.8 Å². The van der Waals surface area contributed by atoms with Crippen molar-refractivity contribution in [2.45, 2.75) is 31.7 Å². The standard InChI is InChI=1S/C16H23BrN2O2/c1-18-11-14-4-3-9-19(14)16(20)8-5-12-10-13(17)6-7-15(12)21-2/h6-7,10,14,18H,3-5,8-9,11H2,1-2H3/t14-/m0/s1. The lowest BCUT2D eigenvalue weighted by atomic mass is 10.1. The number of likely N-dealkylation sites (N-methyl/N-ethyl adjacent to an activating group) is 1. The average molecular weight is 355 g/mol. The van der Waals surface area contributed by atoms with Gasteiger partial charge in [0.2, 0.25) is 5.91 Å². The van der Waals surface area contributed by atoms with Gasteiger partial charge in [0.15, 0.2) is 0 Å². The minimum Gasteiger partial charge on any atom is -0.496 e. The Labute approximate surface area is 135 Å². The Morgan fingerprint density at radius 2 is 2.33 bits per heavy atom. The van der Waals surface area contributed by atoms with E-state index in [0.29, 0.717) is 18.9 Å². The smallest absolute Gasteiger partial charge is 0.223 e. The minimum absolute atomic E-state index is 0.245. The highest BCUT2D eigenvalue weighted by Crippen LogP contribution is 2.25. The van der Waals surface area contributed by atoms with Gasteiger partial charge in [-0.1, -0.05) is 15.9 Å². The highest BCUT2D eigenvalue weighted by Gasteiger charge is 2.27. The zero-order valence-electron chi connectivity index (χ0n) is 12.7. The van der Waals surface area contributed by atoms with Crippen LogP contribution in [0.25, 0.3) is 0 Å². The summed E-state index contributed by atoms with van der Waals surface area (Å²) in [4.78, 5) is 14.5. The van der Waals surface area contributed by atoms with Gasteiger partial charge in [-0.05, 0) is 50.1 Å². The number of hydrogen-bond donors (Lipinski definition) is 1. The molecule has 0 saturated carbocycles. The number of amides is 1. The average Bonchev–Trinajstić information content (AvgIpc) is 2.93. The number of methoxy groups -OCH3 is 1. The molecular formula is C16H23BrN2O2. The van der Waals surface area contributed by atoms with Crippen molar-refractivity contribution < 1.29 is 9.53 Å². The molecular weight excluding hydrogens is 332 g/mol. The number of nitrogens with zero attached hydrogens (tertiary/aromatic N) is 1. The number of aryl methyl sites for hydroxylation is 1. The van der Waals surface area contributed by atoms with Gasteiger partial charge in [0.25, 0.3) is 0 Å². The summed E-state index contributed by atoms with van der Waals surface area (Å²) in [6.07, 6.45) is 3.46. The second-order valence-corrected chi connectivity index (χ2v) is 6.31. The van der Waals surface area contributed by atoms with Crippen LogP contribution in [-0.4, -0.2) is 44.1 Å². The van der Waals surface area contributed by atoms with Crippen molar-refractivity contribution in [2.24, 2.45) is 0 Å². The Hall–Kier alpha value is -1.07. The van der Waals surface area contributed by atoms with Crippen LogP contribution < -0.4 is 10.1 Å². The van der Waals surface area contributed by atoms with Crippen molar-refractivity contribution in [1.82, 2.24) is 10.2 Å². The molecule has 1 heterocycles. The van der Waals surface area contributed by atoms with Crippen LogP contribution in [0.3, 0.4) is 0 Å². The molecule has 0 unspecified atom stereocenters. The Balaban J connectivity index is 1.96. The monoisotopic (exact) mass is 354 g/mol. The number of halogens is 1. The van der Waals surface area contributed by atoms with Crippen molar-refractivity contribution in [3.8, 4) is 5.75 Å². The summed E-state index contributed by atoms with van der Waals surface area (Å²) in [7, 11) is 3.60. The molecule has 1 aliphatic rings. The van der Waals surface area contributed by atoms with Crippen LogP contribution in [0.2, 0.25) is 0 Å². The number of ether oxygens (including phenoxy) is 1. The van der Waals surface area contributed by atoms with E-state index in [0.717, 1.165) is 41.7 Å². The third-order valence-corrected chi connectivity index (χ3v) is 4.48. The van der Waals surface area contributed by atoms with E-state index in [1.54, 1.807) is 7.11 Å². The second-order valence-electron chi connectivity index (χ2n) is 5.40. The van der Waals surface area contributed by atoms with E-state index in [1.807, 2.05) is 30.1 Å². The number of carbonyl (C=O) groups is 1. The zero-order chi connectivity index (χ0) is 15.2. The van der Waals surface area contributed by atoms with Crippen LogP contribution in [0, 0.1) is 0 Å². The molecule has 0 aromatic heterocycles. The van der Waals surface area contributed by atoms with Gasteiger partial charge in [0.1, 0.15) is 5.75 Å².